The van der Waals surface area contributed by atoms with E-state index in [1.807, 2.05) is 13.1 Å². The highest BCUT2D eigenvalue weighted by atomic mass is 16.4. The lowest BCUT2D eigenvalue weighted by Gasteiger charge is -2.31. The minimum absolute atomic E-state index is 0.250. The second-order valence-electron chi connectivity index (χ2n) is 5.68. The number of aliphatic carboxylic acids is 1. The summed E-state index contributed by atoms with van der Waals surface area (Å²) in [5.74, 6) is -0.481. The van der Waals surface area contributed by atoms with Gasteiger partial charge in [-0.2, -0.15) is 5.10 Å². The molecule has 0 radical (unpaired) electrons. The topological polar surface area (TPSA) is 67.2 Å². The number of nitrogens with one attached hydrogen (secondary N) is 1. The van der Waals surface area contributed by atoms with Crippen molar-refractivity contribution in [3.63, 3.8) is 0 Å². The predicted molar refractivity (Wildman–Crippen MR) is 66.2 cm³/mol. The number of carboxylic acid groups (broad SMARTS) is 1. The van der Waals surface area contributed by atoms with Crippen LogP contribution in [0.1, 0.15) is 31.2 Å². The highest BCUT2D eigenvalue weighted by Gasteiger charge is 2.53. The van der Waals surface area contributed by atoms with Gasteiger partial charge in [0.05, 0.1) is 12.7 Å². The first kappa shape index (κ1) is 11.7. The molecule has 0 aliphatic heterocycles. The van der Waals surface area contributed by atoms with Crippen LogP contribution in [0, 0.1) is 12.8 Å². The van der Waals surface area contributed by atoms with Crippen LogP contribution in [-0.2, 0) is 11.3 Å². The minimum atomic E-state index is -0.820. The van der Waals surface area contributed by atoms with Gasteiger partial charge in [0, 0.05) is 12.2 Å². The number of rotatable bonds is 6. The monoisotopic (exact) mass is 249 g/mol. The zero-order valence-corrected chi connectivity index (χ0v) is 10.6. The van der Waals surface area contributed by atoms with E-state index in [-0.39, 0.29) is 5.92 Å². The Morgan fingerprint density at radius 3 is 2.72 bits per heavy atom. The van der Waals surface area contributed by atoms with Crippen molar-refractivity contribution in [2.75, 3.05) is 0 Å². The standard InChI is InChI=1S/C13H19N3O2/c1-9-6-14-16(7-9)8-13(12(17)18,10-2-3-10)15-11-4-5-11/h6-7,10-11,15H,2-5,8H2,1H3,(H,17,18). The van der Waals surface area contributed by atoms with Crippen molar-refractivity contribution >= 4 is 5.97 Å². The average Bonchev–Trinajstić information content (AvgIpc) is 3.19. The molecule has 2 fully saturated rings. The van der Waals surface area contributed by atoms with Crippen molar-refractivity contribution in [3.8, 4) is 0 Å². The Morgan fingerprint density at radius 1 is 1.56 bits per heavy atom. The summed E-state index contributed by atoms with van der Waals surface area (Å²) in [6.45, 7) is 2.40. The second kappa shape index (κ2) is 4.09. The molecule has 0 spiro atoms. The van der Waals surface area contributed by atoms with Gasteiger partial charge in [0.25, 0.3) is 0 Å². The van der Waals surface area contributed by atoms with Gasteiger partial charge < -0.3 is 5.11 Å². The second-order valence-corrected chi connectivity index (χ2v) is 5.68. The molecule has 0 saturated heterocycles. The van der Waals surface area contributed by atoms with Gasteiger partial charge >= 0.3 is 5.97 Å². The van der Waals surface area contributed by atoms with Crippen LogP contribution in [0.3, 0.4) is 0 Å². The van der Waals surface area contributed by atoms with Crippen LogP contribution < -0.4 is 5.32 Å². The van der Waals surface area contributed by atoms with Crippen molar-refractivity contribution in [2.45, 2.75) is 50.7 Å². The fraction of sp³-hybridized carbons (Fsp3) is 0.692. The third kappa shape index (κ3) is 2.14. The molecule has 0 aromatic carbocycles. The number of hydrogen-bond acceptors (Lipinski definition) is 3. The Balaban J connectivity index is 1.84. The van der Waals surface area contributed by atoms with E-state index in [2.05, 4.69) is 10.4 Å². The van der Waals surface area contributed by atoms with E-state index in [9.17, 15) is 9.90 Å². The molecule has 2 aliphatic rings. The highest BCUT2D eigenvalue weighted by Crippen LogP contribution is 2.42. The molecule has 2 N–H and O–H groups in total. The van der Waals surface area contributed by atoms with Gasteiger partial charge in [-0.15, -0.1) is 0 Å². The van der Waals surface area contributed by atoms with Gasteiger partial charge in [-0.25, -0.2) is 0 Å². The Kier molecular flexibility index (Phi) is 2.66. The van der Waals surface area contributed by atoms with E-state index in [1.54, 1.807) is 10.9 Å². The zero-order chi connectivity index (χ0) is 12.8. The van der Waals surface area contributed by atoms with E-state index in [0.29, 0.717) is 12.6 Å². The molecule has 1 atom stereocenters. The van der Waals surface area contributed by atoms with Gasteiger partial charge in [-0.05, 0) is 44.1 Å². The Morgan fingerprint density at radius 2 is 2.28 bits per heavy atom. The lowest BCUT2D eigenvalue weighted by Crippen LogP contribution is -2.58. The van der Waals surface area contributed by atoms with Crippen LogP contribution in [0.15, 0.2) is 12.4 Å². The molecular weight excluding hydrogens is 230 g/mol. The number of carboxylic acids is 1. The van der Waals surface area contributed by atoms with E-state index in [4.69, 9.17) is 0 Å². The van der Waals surface area contributed by atoms with Crippen molar-refractivity contribution in [2.24, 2.45) is 5.92 Å². The molecule has 98 valence electrons. The SMILES string of the molecule is Cc1cnn(CC(NC2CC2)(C(=O)O)C2CC2)c1. The normalized spacial score (nSPS) is 22.7. The summed E-state index contributed by atoms with van der Waals surface area (Å²) in [6.07, 6.45) is 7.89. The molecule has 1 heterocycles. The van der Waals surface area contributed by atoms with Gasteiger partial charge in [0.2, 0.25) is 0 Å². The van der Waals surface area contributed by atoms with Gasteiger partial charge in [-0.1, -0.05) is 0 Å². The van der Waals surface area contributed by atoms with E-state index in [0.717, 1.165) is 31.2 Å². The lowest BCUT2D eigenvalue weighted by molar-refractivity contribution is -0.147. The maximum absolute atomic E-state index is 11.8. The van der Waals surface area contributed by atoms with Crippen LogP contribution in [0.2, 0.25) is 0 Å². The predicted octanol–water partition coefficient (Wildman–Crippen LogP) is 1.18. The third-order valence-electron chi connectivity index (χ3n) is 3.87. The Labute approximate surface area is 106 Å². The van der Waals surface area contributed by atoms with Crippen LogP contribution in [0.4, 0.5) is 0 Å². The highest BCUT2D eigenvalue weighted by molar-refractivity contribution is 5.80. The van der Waals surface area contributed by atoms with Crippen molar-refractivity contribution in [1.82, 2.24) is 15.1 Å². The van der Waals surface area contributed by atoms with Gasteiger partial charge in [-0.3, -0.25) is 14.8 Å². The molecule has 2 saturated carbocycles. The summed E-state index contributed by atoms with van der Waals surface area (Å²) in [6, 6.07) is 0.387. The summed E-state index contributed by atoms with van der Waals surface area (Å²) in [5, 5.41) is 17.3. The van der Waals surface area contributed by atoms with Gasteiger partial charge in [0.1, 0.15) is 5.54 Å². The number of hydrogen-bond donors (Lipinski definition) is 2. The molecule has 1 aromatic heterocycles. The maximum atomic E-state index is 11.8. The number of carbonyl (C=O) groups is 1. The van der Waals surface area contributed by atoms with Crippen molar-refractivity contribution in [1.29, 1.82) is 0 Å². The molecule has 1 unspecified atom stereocenters. The average molecular weight is 249 g/mol. The van der Waals surface area contributed by atoms with E-state index < -0.39 is 11.5 Å². The molecule has 3 rings (SSSR count). The quantitative estimate of drug-likeness (QED) is 0.794. The molecule has 0 bridgehead atoms. The summed E-state index contributed by atoms with van der Waals surface area (Å²) >= 11 is 0. The van der Waals surface area contributed by atoms with E-state index in [1.165, 1.54) is 0 Å². The first-order valence-corrected chi connectivity index (χ1v) is 6.60. The summed E-state index contributed by atoms with van der Waals surface area (Å²) in [4.78, 5) is 11.8. The van der Waals surface area contributed by atoms with Crippen molar-refractivity contribution in [3.05, 3.63) is 18.0 Å². The van der Waals surface area contributed by atoms with Crippen LogP contribution >= 0.6 is 0 Å². The number of nitrogens with zero attached hydrogens (tertiary/aromatic N) is 2. The van der Waals surface area contributed by atoms with E-state index >= 15 is 0 Å². The summed E-state index contributed by atoms with van der Waals surface area (Å²) < 4.78 is 1.76. The smallest absolute Gasteiger partial charge is 0.326 e. The largest absolute Gasteiger partial charge is 0.480 e. The maximum Gasteiger partial charge on any atom is 0.326 e. The molecule has 5 nitrogen and oxygen atoms in total. The minimum Gasteiger partial charge on any atom is -0.480 e. The fourth-order valence-electron chi connectivity index (χ4n) is 2.57. The molecule has 0 amide bonds. The Hall–Kier alpha value is -1.36. The lowest BCUT2D eigenvalue weighted by atomic mass is 9.92. The van der Waals surface area contributed by atoms with Crippen molar-refractivity contribution < 1.29 is 9.90 Å². The zero-order valence-electron chi connectivity index (χ0n) is 10.6. The molecule has 18 heavy (non-hydrogen) atoms. The van der Waals surface area contributed by atoms with Crippen LogP contribution in [-0.4, -0.2) is 32.4 Å². The Bertz CT molecular complexity index is 463. The van der Waals surface area contributed by atoms with Crippen LogP contribution in [0.25, 0.3) is 0 Å². The third-order valence-corrected chi connectivity index (χ3v) is 3.87. The molecule has 1 aromatic rings. The summed E-state index contributed by atoms with van der Waals surface area (Å²) in [7, 11) is 0. The fourth-order valence-corrected chi connectivity index (χ4v) is 2.57. The van der Waals surface area contributed by atoms with Crippen LogP contribution in [0.5, 0.6) is 0 Å². The summed E-state index contributed by atoms with van der Waals surface area (Å²) in [5.41, 5.74) is 0.246. The first-order chi connectivity index (χ1) is 8.60. The van der Waals surface area contributed by atoms with Gasteiger partial charge in [0.15, 0.2) is 0 Å². The number of aromatic nitrogens is 2. The molecule has 2 aliphatic carbocycles. The number of aryl methyl sites for hydroxylation is 1. The first-order valence-electron chi connectivity index (χ1n) is 6.60. The molecular formula is C13H19N3O2. The molecule has 5 heteroatoms.